The molecular formula is C11H23BN2O. The van der Waals surface area contributed by atoms with Crippen LogP contribution in [0.15, 0.2) is 0 Å². The summed E-state index contributed by atoms with van der Waals surface area (Å²) >= 11 is 0. The molecule has 15 heavy (non-hydrogen) atoms. The number of rotatable bonds is 7. The van der Waals surface area contributed by atoms with Crippen molar-refractivity contribution < 1.29 is 5.11 Å². The van der Waals surface area contributed by atoms with Crippen molar-refractivity contribution in [3.8, 4) is 0 Å². The quantitative estimate of drug-likeness (QED) is 0.476. The van der Waals surface area contributed by atoms with E-state index in [1.54, 1.807) is 0 Å². The number of nitrogens with two attached hydrogens (primary N) is 1. The first-order valence-electron chi connectivity index (χ1n) is 5.93. The molecule has 1 rings (SSSR count). The Balaban J connectivity index is 2.07. The zero-order valence-corrected chi connectivity index (χ0v) is 9.78. The molecule has 0 aromatic rings. The third-order valence-corrected chi connectivity index (χ3v) is 3.14. The van der Waals surface area contributed by atoms with Crippen LogP contribution >= 0.6 is 0 Å². The predicted octanol–water partition coefficient (Wildman–Crippen LogP) is 0.527. The summed E-state index contributed by atoms with van der Waals surface area (Å²) in [6, 6.07) is 0. The number of unbranched alkanes of at least 4 members (excludes halogenated alkanes) is 1. The molecule has 0 aliphatic carbocycles. The molecule has 1 heterocycles. The maximum atomic E-state index is 9.13. The molecule has 86 valence electrons. The molecule has 0 saturated carbocycles. The van der Waals surface area contributed by atoms with E-state index in [4.69, 9.17) is 18.7 Å². The SMILES string of the molecule is [B]CCCCC(C)(N)CCN1CC(O)C1. The normalized spacial score (nSPS) is 22.3. The molecule has 2 radical (unpaired) electrons. The van der Waals surface area contributed by atoms with Gasteiger partial charge in [0.25, 0.3) is 0 Å². The van der Waals surface area contributed by atoms with E-state index in [0.717, 1.165) is 51.6 Å². The molecule has 0 spiro atoms. The molecule has 1 fully saturated rings. The van der Waals surface area contributed by atoms with Crippen molar-refractivity contribution >= 4 is 7.85 Å². The third-order valence-electron chi connectivity index (χ3n) is 3.14. The van der Waals surface area contributed by atoms with Gasteiger partial charge in [0.15, 0.2) is 0 Å². The number of β-amino-alcohol motifs (C(OH)–C–C–N with tert-alkyl or cyclic N) is 1. The van der Waals surface area contributed by atoms with Crippen molar-refractivity contribution in [1.29, 1.82) is 0 Å². The highest BCUT2D eigenvalue weighted by molar-refractivity contribution is 6.08. The lowest BCUT2D eigenvalue weighted by atomic mass is 9.89. The second-order valence-corrected chi connectivity index (χ2v) is 5.06. The molecule has 3 nitrogen and oxygen atoms in total. The smallest absolute Gasteiger partial charge is 0.0793 e. The summed E-state index contributed by atoms with van der Waals surface area (Å²) in [5.41, 5.74) is 6.12. The minimum Gasteiger partial charge on any atom is -0.390 e. The predicted molar refractivity (Wildman–Crippen MR) is 64.1 cm³/mol. The zero-order valence-electron chi connectivity index (χ0n) is 9.78. The van der Waals surface area contributed by atoms with Crippen LogP contribution in [-0.2, 0) is 0 Å². The van der Waals surface area contributed by atoms with Gasteiger partial charge in [0.05, 0.1) is 14.0 Å². The topological polar surface area (TPSA) is 49.5 Å². The van der Waals surface area contributed by atoms with E-state index in [-0.39, 0.29) is 11.6 Å². The van der Waals surface area contributed by atoms with Crippen molar-refractivity contribution in [2.45, 2.75) is 50.6 Å². The second kappa shape index (κ2) is 5.87. The van der Waals surface area contributed by atoms with Gasteiger partial charge in [0, 0.05) is 25.2 Å². The summed E-state index contributed by atoms with van der Waals surface area (Å²) in [5.74, 6) is 0. The first-order valence-corrected chi connectivity index (χ1v) is 5.93. The van der Waals surface area contributed by atoms with E-state index in [9.17, 15) is 0 Å². The number of hydrogen-bond acceptors (Lipinski definition) is 3. The Morgan fingerprint density at radius 2 is 2.07 bits per heavy atom. The average molecular weight is 210 g/mol. The van der Waals surface area contributed by atoms with Gasteiger partial charge in [-0.1, -0.05) is 19.2 Å². The number of likely N-dealkylation sites (tertiary alicyclic amines) is 1. The molecule has 0 aromatic heterocycles. The highest BCUT2D eigenvalue weighted by atomic mass is 16.3. The highest BCUT2D eigenvalue weighted by Crippen LogP contribution is 2.18. The first kappa shape index (κ1) is 13.0. The standard InChI is InChI=1S/C11H23BN2O/c1-11(13,4-2-3-6-12)5-7-14-8-10(15)9-14/h10,15H,2-9,13H2,1H3. The van der Waals surface area contributed by atoms with Crippen LogP contribution in [0.2, 0.25) is 6.32 Å². The summed E-state index contributed by atoms with van der Waals surface area (Å²) in [5, 5.41) is 9.13. The van der Waals surface area contributed by atoms with Crippen LogP contribution in [0, 0.1) is 0 Å². The lowest BCUT2D eigenvalue weighted by Crippen LogP contribution is -2.52. The Bertz CT molecular complexity index is 181. The van der Waals surface area contributed by atoms with Crippen LogP contribution in [0.4, 0.5) is 0 Å². The Morgan fingerprint density at radius 1 is 1.40 bits per heavy atom. The maximum Gasteiger partial charge on any atom is 0.0793 e. The van der Waals surface area contributed by atoms with Crippen molar-refractivity contribution in [2.24, 2.45) is 5.73 Å². The van der Waals surface area contributed by atoms with E-state index in [1.807, 2.05) is 0 Å². The molecule has 1 saturated heterocycles. The lowest BCUT2D eigenvalue weighted by Gasteiger charge is -2.38. The number of hydrogen-bond donors (Lipinski definition) is 2. The number of aliphatic hydroxyl groups excluding tert-OH is 1. The molecule has 0 bridgehead atoms. The van der Waals surface area contributed by atoms with Crippen molar-refractivity contribution in [1.82, 2.24) is 4.90 Å². The van der Waals surface area contributed by atoms with Crippen molar-refractivity contribution in [3.63, 3.8) is 0 Å². The lowest BCUT2D eigenvalue weighted by molar-refractivity contribution is -0.00142. The Labute approximate surface area is 94.4 Å². The minimum atomic E-state index is -0.105. The van der Waals surface area contributed by atoms with Gasteiger partial charge in [0.1, 0.15) is 0 Å². The molecule has 1 unspecified atom stereocenters. The maximum absolute atomic E-state index is 9.13. The summed E-state index contributed by atoms with van der Waals surface area (Å²) in [4.78, 5) is 2.25. The second-order valence-electron chi connectivity index (χ2n) is 5.06. The molecule has 1 atom stereocenters. The van der Waals surface area contributed by atoms with Crippen LogP contribution in [0.5, 0.6) is 0 Å². The van der Waals surface area contributed by atoms with E-state index >= 15 is 0 Å². The van der Waals surface area contributed by atoms with Crippen LogP contribution in [-0.4, -0.2) is 49.1 Å². The van der Waals surface area contributed by atoms with Crippen LogP contribution in [0.25, 0.3) is 0 Å². The van der Waals surface area contributed by atoms with Gasteiger partial charge >= 0.3 is 0 Å². The fourth-order valence-corrected chi connectivity index (χ4v) is 1.94. The average Bonchev–Trinajstić information content (AvgIpc) is 2.11. The number of aliphatic hydroxyl groups is 1. The van der Waals surface area contributed by atoms with Gasteiger partial charge in [-0.2, -0.15) is 0 Å². The largest absolute Gasteiger partial charge is 0.390 e. The molecular weight excluding hydrogens is 187 g/mol. The zero-order chi connectivity index (χ0) is 11.3. The van der Waals surface area contributed by atoms with Gasteiger partial charge in [-0.05, 0) is 19.8 Å². The van der Waals surface area contributed by atoms with Crippen LogP contribution < -0.4 is 5.73 Å². The molecule has 0 aromatic carbocycles. The summed E-state index contributed by atoms with van der Waals surface area (Å²) in [7, 11) is 5.45. The van der Waals surface area contributed by atoms with Gasteiger partial charge in [0.2, 0.25) is 0 Å². The Morgan fingerprint density at radius 3 is 2.60 bits per heavy atom. The molecule has 1 aliphatic heterocycles. The summed E-state index contributed by atoms with van der Waals surface area (Å²) in [6.07, 6.45) is 4.88. The first-order chi connectivity index (χ1) is 7.03. The van der Waals surface area contributed by atoms with E-state index in [0.29, 0.717) is 0 Å². The third kappa shape index (κ3) is 5.00. The van der Waals surface area contributed by atoms with Gasteiger partial charge in [-0.3, -0.25) is 4.90 Å². The summed E-state index contributed by atoms with van der Waals surface area (Å²) < 4.78 is 0. The van der Waals surface area contributed by atoms with Gasteiger partial charge in [-0.25, -0.2) is 0 Å². The van der Waals surface area contributed by atoms with Crippen molar-refractivity contribution in [2.75, 3.05) is 19.6 Å². The van der Waals surface area contributed by atoms with E-state index < -0.39 is 0 Å². The van der Waals surface area contributed by atoms with Gasteiger partial charge < -0.3 is 10.8 Å². The molecule has 1 aliphatic rings. The Hall–Kier alpha value is -0.0551. The highest BCUT2D eigenvalue weighted by Gasteiger charge is 2.26. The molecule has 0 amide bonds. The van der Waals surface area contributed by atoms with E-state index in [2.05, 4.69) is 11.8 Å². The van der Waals surface area contributed by atoms with Crippen molar-refractivity contribution in [3.05, 3.63) is 0 Å². The fraction of sp³-hybridized carbons (Fsp3) is 1.00. The molecule has 4 heteroatoms. The summed E-state index contributed by atoms with van der Waals surface area (Å²) in [6.45, 7) is 4.75. The minimum absolute atomic E-state index is 0.0737. The van der Waals surface area contributed by atoms with Crippen LogP contribution in [0.3, 0.4) is 0 Å². The van der Waals surface area contributed by atoms with Gasteiger partial charge in [-0.15, -0.1) is 0 Å². The molecule has 3 N–H and O–H groups in total. The fourth-order valence-electron chi connectivity index (χ4n) is 1.94. The van der Waals surface area contributed by atoms with Crippen LogP contribution in [0.1, 0.15) is 32.6 Å². The Kier molecular flexibility index (Phi) is 5.10. The monoisotopic (exact) mass is 210 g/mol. The van der Waals surface area contributed by atoms with E-state index in [1.165, 1.54) is 0 Å². The number of nitrogens with zero attached hydrogens (tertiary/aromatic N) is 1.